The number of alkyl halides is 2. The minimum atomic E-state index is -0.0589. The van der Waals surface area contributed by atoms with Crippen molar-refractivity contribution in [1.29, 1.82) is 0 Å². The van der Waals surface area contributed by atoms with Gasteiger partial charge in [0, 0.05) is 120 Å². The van der Waals surface area contributed by atoms with Crippen LogP contribution in [-0.2, 0) is 19.3 Å². The molecule has 127 heavy (non-hydrogen) atoms. The average molecular weight is 2570 g/mol. The van der Waals surface area contributed by atoms with Crippen molar-refractivity contribution in [3.63, 3.8) is 0 Å². The Bertz CT molecular complexity index is 4990. The first-order valence-corrected chi connectivity index (χ1v) is 99.4. The van der Waals surface area contributed by atoms with Crippen molar-refractivity contribution in [3.8, 4) is 17.5 Å². The van der Waals surface area contributed by atoms with Gasteiger partial charge in [-0.2, -0.15) is 0 Å². The summed E-state index contributed by atoms with van der Waals surface area (Å²) < 4.78 is 7.75. The maximum atomic E-state index is 5.96. The highest BCUT2D eigenvalue weighted by Crippen LogP contribution is 3.39. The first-order chi connectivity index (χ1) is 60.0. The molecule has 0 aromatic carbocycles. The van der Waals surface area contributed by atoms with Crippen molar-refractivity contribution in [1.82, 2.24) is 53.6 Å². The fourth-order valence-corrected chi connectivity index (χ4v) is 420. The lowest BCUT2D eigenvalue weighted by Crippen LogP contribution is -2.19. The number of nitrogen functional groups attached to an aromatic ring is 1. The molecule has 2 N–H and O–H groups in total. The molecule has 0 fully saturated rings. The largest absolute Gasteiger partial charge is 0.384 e. The molecule has 0 saturated carbocycles. The molecular formula is C77H126Cl3I2N14P31. The molecule has 0 bridgehead atoms. The summed E-state index contributed by atoms with van der Waals surface area (Å²) in [6, 6.07) is 52.6. The molecule has 20 unspecified atom stereocenters. The van der Waals surface area contributed by atoms with Crippen molar-refractivity contribution in [2.45, 2.75) is 135 Å². The zero-order valence-corrected chi connectivity index (χ0v) is 113. The number of anilines is 3. The van der Waals surface area contributed by atoms with Gasteiger partial charge in [0.15, 0.2) is 0 Å². The summed E-state index contributed by atoms with van der Waals surface area (Å²) in [7, 11) is 58.1. The molecule has 14 nitrogen and oxygen atoms in total. The van der Waals surface area contributed by atoms with Crippen LogP contribution in [0.25, 0.3) is 17.5 Å². The van der Waals surface area contributed by atoms with Crippen LogP contribution in [0.15, 0.2) is 158 Å². The van der Waals surface area contributed by atoms with Crippen molar-refractivity contribution >= 4 is 346 Å². The quantitative estimate of drug-likeness (QED) is 0.0191. The smallest absolute Gasteiger partial charge is 0.137 e. The molecule has 11 heterocycles. The van der Waals surface area contributed by atoms with E-state index in [-0.39, 0.29) is 97.8 Å². The normalized spacial score (nSPS) is 12.1. The maximum absolute atomic E-state index is 5.96. The lowest BCUT2D eigenvalue weighted by Gasteiger charge is -2.52. The minimum Gasteiger partial charge on any atom is -0.384 e. The molecule has 0 amide bonds. The van der Waals surface area contributed by atoms with Gasteiger partial charge in [-0.05, 0) is 343 Å². The SMILES string of the molecule is CCCCN(C)c1cccc(Cc2cc(C)cc(-n3c(C)ccc3C)n2)n1.CCCCN(C)c1cccc(Cc2cc(C)cc(N)n2)n1.Cc1cc(C)nc(-n2c(C)ccc2C)c1.Cc1cc(Cc2cccc(Cl)n2)nc(-n2c(C)ccc2C)c1.Clc1cccc(Cl)n1.ICI.PPP(P)P(P(P)P)P(P(P(P)P)P(P)P)P(P(P(P)P)P(P)P)P(P(P)P)P(P)P. The van der Waals surface area contributed by atoms with E-state index in [1.165, 1.54) is 79.0 Å². The molecule has 0 spiro atoms. The van der Waals surface area contributed by atoms with Crippen LogP contribution in [0.2, 0.25) is 15.5 Å². The van der Waals surface area contributed by atoms with E-state index in [1.54, 1.807) is 24.3 Å². The zero-order valence-electron chi connectivity index (χ0n) is 74.4. The highest BCUT2D eigenvalue weighted by Gasteiger charge is 2.51. The molecule has 11 aromatic rings. The third kappa shape index (κ3) is 43.4. The Balaban J connectivity index is 0.000000276. The second-order valence-electron chi connectivity index (χ2n) is 28.7. The number of pyridine rings is 8. The van der Waals surface area contributed by atoms with Gasteiger partial charge < -0.3 is 29.2 Å². The van der Waals surface area contributed by atoms with E-state index >= 15 is 0 Å². The molecule has 50 heteroatoms. The second kappa shape index (κ2) is 65.6. The van der Waals surface area contributed by atoms with Gasteiger partial charge in [-0.15, -0.1) is 143 Å². The highest BCUT2D eigenvalue weighted by atomic mass is 127. The van der Waals surface area contributed by atoms with Gasteiger partial charge in [-0.3, -0.25) is 0 Å². The summed E-state index contributed by atoms with van der Waals surface area (Å²) in [5.41, 5.74) is 24.9. The van der Waals surface area contributed by atoms with Crippen LogP contribution in [0.4, 0.5) is 17.5 Å². The van der Waals surface area contributed by atoms with Crippen LogP contribution >= 0.6 is 329 Å². The highest BCUT2D eigenvalue weighted by molar-refractivity contribution is 14.2. The Morgan fingerprint density at radius 2 is 0.630 bits per heavy atom. The van der Waals surface area contributed by atoms with Gasteiger partial charge >= 0.3 is 0 Å². The molecule has 0 aliphatic heterocycles. The van der Waals surface area contributed by atoms with Crippen LogP contribution in [0.3, 0.4) is 0 Å². The van der Waals surface area contributed by atoms with E-state index in [9.17, 15) is 0 Å². The monoisotopic (exact) mass is 2570 g/mol. The summed E-state index contributed by atoms with van der Waals surface area (Å²) in [6.07, 6.45) is 6.87. The molecule has 0 aliphatic carbocycles. The van der Waals surface area contributed by atoms with E-state index < -0.39 is 0 Å². The maximum Gasteiger partial charge on any atom is 0.137 e. The number of aryl methyl sites for hydroxylation is 11. The predicted molar refractivity (Wildman–Crippen MR) is 682 cm³/mol. The van der Waals surface area contributed by atoms with Crippen molar-refractivity contribution in [2.75, 3.05) is 45.2 Å². The lowest BCUT2D eigenvalue weighted by molar-refractivity contribution is 0.757. The van der Waals surface area contributed by atoms with Crippen LogP contribution in [0.5, 0.6) is 0 Å². The Kier molecular flexibility index (Phi) is 63.8. The molecule has 0 radical (unpaired) electrons. The number of rotatable bonds is 31. The van der Waals surface area contributed by atoms with Gasteiger partial charge in [0.05, 0.1) is 2.43 Å². The van der Waals surface area contributed by atoms with Crippen molar-refractivity contribution in [2.24, 2.45) is 0 Å². The van der Waals surface area contributed by atoms with Crippen molar-refractivity contribution in [3.05, 3.63) is 269 Å². The Morgan fingerprint density at radius 3 is 0.921 bits per heavy atom. The Morgan fingerprint density at radius 1 is 0.346 bits per heavy atom. The molecule has 0 saturated heterocycles. The standard InChI is InChI=1S/C23H30N4.C18H18ClN3.C17H24N4.C13H16N2.C5H3Cl2N.CH2I2.H33P31/c1-6-7-13-26(5)22-10-8-9-20(24-22)16-21-14-17(2)15-23(25-21)27-18(3)11-12-19(27)4;1-12-9-16(11-15-5-4-6-17(19)20-15)21-18(10-12)22-13(2)7-8-14(22)3;1-4-5-9-21(3)17-8-6-7-14(20-17)12-15-10-13(2)11-16(18)19-15;1-9-7-10(2)14-13(8-9)15-11(3)5-6-12(15)4;6-4-2-1-3-5(7)8-4;2-1-3;1-17-25(16)29(24(14)15)31(28(22(10)11)23(12)13)30(26(18(2)3)19(4)5)27(20(6)7)21(8)9/h8-12,14-15H,6-7,13,16H2,1-5H3;4-10H,11H2,1-3H3;6-8,10-11H,4-5,9,12H2,1-3H3,(H2,18,19);5-8H,1-4H3;1-3H;1H2;17H,1-16H2. The predicted octanol–water partition coefficient (Wildman–Crippen LogP) is 37.8. The third-order valence-corrected chi connectivity index (χ3v) is 224. The minimum absolute atomic E-state index is 0.0336. The molecule has 20 atom stereocenters. The molecule has 0 aliphatic rings. The van der Waals surface area contributed by atoms with Gasteiger partial charge in [0.25, 0.3) is 0 Å². The number of halogens is 5. The van der Waals surface area contributed by atoms with Crippen LogP contribution in [0, 0.1) is 76.2 Å². The van der Waals surface area contributed by atoms with E-state index in [2.05, 4.69) is 431 Å². The first kappa shape index (κ1) is 124. The second-order valence-corrected chi connectivity index (χ2v) is 158. The van der Waals surface area contributed by atoms with E-state index in [4.69, 9.17) is 60.5 Å². The Labute approximate surface area is 857 Å². The summed E-state index contributed by atoms with van der Waals surface area (Å²) in [5, 5.41) is 1.37. The van der Waals surface area contributed by atoms with Gasteiger partial charge in [-0.1, -0.05) is 139 Å². The Hall–Kier alpha value is 6.10. The third-order valence-electron chi connectivity index (χ3n) is 17.8. The van der Waals surface area contributed by atoms with Crippen LogP contribution in [-0.4, -0.2) is 83.2 Å². The first-order valence-electron chi connectivity index (χ1n) is 39.3. The van der Waals surface area contributed by atoms with Gasteiger partial charge in [0.2, 0.25) is 0 Å². The summed E-state index contributed by atoms with van der Waals surface area (Å²) in [5.74, 6) is 5.58. The molecule has 11 rings (SSSR count). The van der Waals surface area contributed by atoms with Crippen LogP contribution < -0.4 is 15.5 Å². The topological polar surface area (TPSA) is 150 Å². The van der Waals surface area contributed by atoms with Crippen LogP contribution in [0.1, 0.15) is 136 Å². The summed E-state index contributed by atoms with van der Waals surface area (Å²) in [4.78, 5) is 40.7. The number of aromatic nitrogens is 11. The average Bonchev–Trinajstić information content (AvgIpc) is 1.64. The van der Waals surface area contributed by atoms with E-state index in [0.29, 0.717) is 34.1 Å². The summed E-state index contributed by atoms with van der Waals surface area (Å²) in [6.45, 7) is 29.4. The number of hydrogen-bond donors (Lipinski definition) is 1. The lowest BCUT2D eigenvalue weighted by atomic mass is 10.1. The number of nitrogens with zero attached hydrogens (tertiary/aromatic N) is 13. The van der Waals surface area contributed by atoms with Gasteiger partial charge in [0.1, 0.15) is 50.4 Å². The number of unbranched alkanes of at least 4 members (excludes halogenated alkanes) is 2. The zero-order chi connectivity index (χ0) is 94.8. The van der Waals surface area contributed by atoms with E-state index in [1.807, 2.05) is 38.1 Å². The fourth-order valence-electron chi connectivity index (χ4n) is 12.5. The summed E-state index contributed by atoms with van der Waals surface area (Å²) >= 11 is 21.4. The molecule has 694 valence electrons. The number of nitrogens with two attached hydrogens (primary N) is 1. The van der Waals surface area contributed by atoms with Crippen molar-refractivity contribution < 1.29 is 0 Å². The van der Waals surface area contributed by atoms with Gasteiger partial charge in [-0.25, -0.2) is 39.9 Å². The fraction of sp³-hybridized carbons (Fsp3) is 0.325. The molecule has 11 aromatic heterocycles. The number of hydrogen-bond acceptors (Lipinski definition) is 11. The molecular weight excluding hydrogens is 2440 g/mol. The van der Waals surface area contributed by atoms with E-state index in [0.717, 1.165) is 102 Å².